The third-order valence-electron chi connectivity index (χ3n) is 2.94. The summed E-state index contributed by atoms with van der Waals surface area (Å²) < 4.78 is 0. The van der Waals surface area contributed by atoms with E-state index in [1.165, 1.54) is 16.7 Å². The maximum atomic E-state index is 12.4. The van der Waals surface area contributed by atoms with Gasteiger partial charge in [-0.1, -0.05) is 48.5 Å². The molecule has 0 bridgehead atoms. The van der Waals surface area contributed by atoms with E-state index in [0.29, 0.717) is 4.91 Å². The van der Waals surface area contributed by atoms with E-state index >= 15 is 0 Å². The highest BCUT2D eigenvalue weighted by molar-refractivity contribution is 8.19. The minimum absolute atomic E-state index is 0.143. The van der Waals surface area contributed by atoms with Crippen LogP contribution < -0.4 is 4.90 Å². The number of nitrogens with zero attached hydrogens (tertiary/aromatic N) is 1. The number of carbonyl (C=O) groups is 1. The minimum atomic E-state index is -0.143. The van der Waals surface area contributed by atoms with Crippen LogP contribution in [0, 0.1) is 5.41 Å². The Kier molecular flexibility index (Phi) is 3.39. The largest absolute Gasteiger partial charge is 0.278 e. The Morgan fingerprint density at radius 3 is 2.20 bits per heavy atom. The number of hydrogen-bond acceptors (Lipinski definition) is 3. The zero-order valence-electron chi connectivity index (χ0n) is 10.6. The fourth-order valence-electron chi connectivity index (χ4n) is 2.00. The number of amides is 1. The van der Waals surface area contributed by atoms with Crippen molar-refractivity contribution in [1.82, 2.24) is 0 Å². The van der Waals surface area contributed by atoms with E-state index < -0.39 is 0 Å². The molecule has 0 saturated carbocycles. The Balaban J connectivity index is 1.93. The van der Waals surface area contributed by atoms with Gasteiger partial charge in [0.25, 0.3) is 5.91 Å². The number of anilines is 1. The van der Waals surface area contributed by atoms with Gasteiger partial charge in [0.05, 0.1) is 10.6 Å². The summed E-state index contributed by atoms with van der Waals surface area (Å²) in [5.74, 6) is -0.143. The summed E-state index contributed by atoms with van der Waals surface area (Å²) in [6.45, 7) is 0. The second-order valence-electron chi connectivity index (χ2n) is 4.30. The predicted octanol–water partition coefficient (Wildman–Crippen LogP) is 3.74. The van der Waals surface area contributed by atoms with Crippen molar-refractivity contribution in [2.75, 3.05) is 4.90 Å². The van der Waals surface area contributed by atoms with Crippen molar-refractivity contribution in [1.29, 1.82) is 5.41 Å². The van der Waals surface area contributed by atoms with Crippen molar-refractivity contribution in [2.24, 2.45) is 0 Å². The van der Waals surface area contributed by atoms with Crippen molar-refractivity contribution in [3.05, 3.63) is 71.1 Å². The normalized spacial score (nSPS) is 17.0. The van der Waals surface area contributed by atoms with Gasteiger partial charge in [-0.15, -0.1) is 0 Å². The Bertz CT molecular complexity index is 680. The summed E-state index contributed by atoms with van der Waals surface area (Å²) in [5, 5.41) is 8.24. The molecule has 98 valence electrons. The van der Waals surface area contributed by atoms with E-state index in [2.05, 4.69) is 0 Å². The summed E-state index contributed by atoms with van der Waals surface area (Å²) in [6.07, 6.45) is 1.82. The first-order valence-electron chi connectivity index (χ1n) is 6.18. The molecule has 1 saturated heterocycles. The highest BCUT2D eigenvalue weighted by Gasteiger charge is 2.33. The molecule has 0 unspecified atom stereocenters. The van der Waals surface area contributed by atoms with Crippen molar-refractivity contribution < 1.29 is 4.79 Å². The monoisotopic (exact) mass is 280 g/mol. The van der Waals surface area contributed by atoms with Gasteiger partial charge < -0.3 is 0 Å². The number of benzene rings is 2. The third kappa shape index (κ3) is 2.38. The molecule has 1 fully saturated rings. The van der Waals surface area contributed by atoms with Crippen LogP contribution in [-0.4, -0.2) is 11.1 Å². The first kappa shape index (κ1) is 12.7. The number of thioether (sulfide) groups is 1. The zero-order chi connectivity index (χ0) is 13.9. The molecule has 1 amide bonds. The molecule has 1 aliphatic heterocycles. The summed E-state index contributed by atoms with van der Waals surface area (Å²) in [7, 11) is 0. The standard InChI is InChI=1S/C16H12N2OS/c17-16-18(13-9-5-2-6-10-13)15(19)14(20-16)11-12-7-3-1-4-8-12/h1-11,17H/b14-11-,17-16?. The van der Waals surface area contributed by atoms with Crippen molar-refractivity contribution in [3.8, 4) is 0 Å². The van der Waals surface area contributed by atoms with Crippen LogP contribution in [0.15, 0.2) is 65.6 Å². The van der Waals surface area contributed by atoms with Gasteiger partial charge in [0, 0.05) is 0 Å². The Morgan fingerprint density at radius 1 is 0.950 bits per heavy atom. The number of amidine groups is 1. The van der Waals surface area contributed by atoms with Gasteiger partial charge in [0.1, 0.15) is 0 Å². The van der Waals surface area contributed by atoms with Crippen LogP contribution in [0.4, 0.5) is 5.69 Å². The Hall–Kier alpha value is -2.33. The van der Waals surface area contributed by atoms with Crippen molar-refractivity contribution in [2.45, 2.75) is 0 Å². The second-order valence-corrected chi connectivity index (χ2v) is 5.33. The highest BCUT2D eigenvalue weighted by atomic mass is 32.2. The Morgan fingerprint density at radius 2 is 1.55 bits per heavy atom. The predicted molar refractivity (Wildman–Crippen MR) is 83.7 cm³/mol. The van der Waals surface area contributed by atoms with E-state index in [0.717, 1.165) is 11.3 Å². The molecule has 1 aliphatic rings. The molecular formula is C16H12N2OS. The summed E-state index contributed by atoms with van der Waals surface area (Å²) in [4.78, 5) is 14.4. The average molecular weight is 280 g/mol. The number of carbonyl (C=O) groups excluding carboxylic acids is 1. The lowest BCUT2D eigenvalue weighted by atomic mass is 10.2. The van der Waals surface area contributed by atoms with Gasteiger partial charge in [-0.3, -0.25) is 15.1 Å². The van der Waals surface area contributed by atoms with Crippen LogP contribution in [-0.2, 0) is 4.79 Å². The van der Waals surface area contributed by atoms with Crippen molar-refractivity contribution in [3.63, 3.8) is 0 Å². The van der Waals surface area contributed by atoms with Gasteiger partial charge >= 0.3 is 0 Å². The minimum Gasteiger partial charge on any atom is -0.278 e. The first-order valence-corrected chi connectivity index (χ1v) is 7.00. The van der Waals surface area contributed by atoms with Crippen LogP contribution >= 0.6 is 11.8 Å². The molecule has 0 spiro atoms. The van der Waals surface area contributed by atoms with Crippen LogP contribution in [0.1, 0.15) is 5.56 Å². The lowest BCUT2D eigenvalue weighted by Crippen LogP contribution is -2.27. The summed E-state index contributed by atoms with van der Waals surface area (Å²) in [6, 6.07) is 18.9. The molecule has 0 aromatic heterocycles. The topological polar surface area (TPSA) is 44.2 Å². The molecule has 3 nitrogen and oxygen atoms in total. The van der Waals surface area contributed by atoms with Gasteiger partial charge in [-0.05, 0) is 35.5 Å². The molecule has 2 aromatic rings. The van der Waals surface area contributed by atoms with Crippen LogP contribution in [0.3, 0.4) is 0 Å². The fourth-order valence-corrected chi connectivity index (χ4v) is 2.86. The number of rotatable bonds is 2. The number of nitrogens with one attached hydrogen (secondary N) is 1. The van der Waals surface area contributed by atoms with E-state index in [4.69, 9.17) is 5.41 Å². The van der Waals surface area contributed by atoms with Crippen LogP contribution in [0.25, 0.3) is 6.08 Å². The van der Waals surface area contributed by atoms with Gasteiger partial charge in [0.2, 0.25) is 0 Å². The number of hydrogen-bond donors (Lipinski definition) is 1. The number of para-hydroxylation sites is 1. The molecule has 3 rings (SSSR count). The second kappa shape index (κ2) is 5.35. The smallest absolute Gasteiger partial charge is 0.271 e. The molecule has 1 N–H and O–H groups in total. The van der Waals surface area contributed by atoms with Crippen LogP contribution in [0.2, 0.25) is 0 Å². The van der Waals surface area contributed by atoms with Gasteiger partial charge in [0.15, 0.2) is 5.17 Å². The lowest BCUT2D eigenvalue weighted by Gasteiger charge is -2.13. The van der Waals surface area contributed by atoms with Gasteiger partial charge in [-0.25, -0.2) is 0 Å². The van der Waals surface area contributed by atoms with E-state index in [1.807, 2.05) is 66.7 Å². The molecule has 0 atom stereocenters. The molecule has 1 heterocycles. The highest BCUT2D eigenvalue weighted by Crippen LogP contribution is 2.34. The molecular weight excluding hydrogens is 268 g/mol. The Labute approximate surface area is 121 Å². The van der Waals surface area contributed by atoms with Crippen LogP contribution in [0.5, 0.6) is 0 Å². The quantitative estimate of drug-likeness (QED) is 0.852. The third-order valence-corrected chi connectivity index (χ3v) is 3.82. The van der Waals surface area contributed by atoms with E-state index in [1.54, 1.807) is 0 Å². The lowest BCUT2D eigenvalue weighted by molar-refractivity contribution is -0.113. The zero-order valence-corrected chi connectivity index (χ0v) is 11.4. The fraction of sp³-hybridized carbons (Fsp3) is 0. The molecule has 0 radical (unpaired) electrons. The maximum Gasteiger partial charge on any atom is 0.271 e. The first-order chi connectivity index (χ1) is 9.75. The molecule has 0 aliphatic carbocycles. The molecule has 4 heteroatoms. The maximum absolute atomic E-state index is 12.4. The van der Waals surface area contributed by atoms with E-state index in [-0.39, 0.29) is 11.1 Å². The molecule has 2 aromatic carbocycles. The average Bonchev–Trinajstić information content (AvgIpc) is 2.75. The SMILES string of the molecule is N=C1S/C(=C\c2ccccc2)C(=O)N1c1ccccc1. The van der Waals surface area contributed by atoms with E-state index in [9.17, 15) is 4.79 Å². The summed E-state index contributed by atoms with van der Waals surface area (Å²) in [5.41, 5.74) is 1.69. The van der Waals surface area contributed by atoms with Gasteiger partial charge in [-0.2, -0.15) is 0 Å². The van der Waals surface area contributed by atoms with Crippen molar-refractivity contribution >= 4 is 34.6 Å². The summed E-state index contributed by atoms with van der Waals surface area (Å²) >= 11 is 1.19. The molecule has 20 heavy (non-hydrogen) atoms.